The van der Waals surface area contributed by atoms with Gasteiger partial charge in [-0.05, 0) is 63.7 Å². The standard InChI is InChI=1S/C18H30N6O3/c19-9-3-1-5-14(16(21)25)23-18(27)15(6-2-4-10-20)24-17(26)13-7-11-22-12-8-13/h7-8,11-12,14-15H,1-6,9-10,19-20H2,(H2,21,25)(H,23,27)(H,24,26)/t14-,15-/m0/s1. The zero-order chi connectivity index (χ0) is 20.1. The van der Waals surface area contributed by atoms with Crippen LogP contribution in [-0.2, 0) is 9.59 Å². The van der Waals surface area contributed by atoms with Crippen molar-refractivity contribution in [2.24, 2.45) is 17.2 Å². The highest BCUT2D eigenvalue weighted by Gasteiger charge is 2.25. The van der Waals surface area contributed by atoms with Crippen molar-refractivity contribution in [1.29, 1.82) is 0 Å². The predicted octanol–water partition coefficient (Wildman–Crippen LogP) is -0.592. The normalized spacial score (nSPS) is 12.8. The second-order valence-corrected chi connectivity index (χ2v) is 6.29. The lowest BCUT2D eigenvalue weighted by Crippen LogP contribution is -2.53. The molecule has 0 aliphatic carbocycles. The summed E-state index contributed by atoms with van der Waals surface area (Å²) in [5, 5.41) is 5.36. The van der Waals surface area contributed by atoms with Gasteiger partial charge < -0.3 is 27.8 Å². The number of carbonyl (C=O) groups is 3. The fraction of sp³-hybridized carbons (Fsp3) is 0.556. The first-order valence-corrected chi connectivity index (χ1v) is 9.20. The lowest BCUT2D eigenvalue weighted by atomic mass is 10.1. The number of nitrogens with zero attached hydrogens (tertiary/aromatic N) is 1. The molecule has 9 nitrogen and oxygen atoms in total. The van der Waals surface area contributed by atoms with Crippen molar-refractivity contribution in [3.63, 3.8) is 0 Å². The molecule has 0 fully saturated rings. The third kappa shape index (κ3) is 8.61. The molecule has 0 spiro atoms. The molecule has 0 aliphatic heterocycles. The van der Waals surface area contributed by atoms with E-state index >= 15 is 0 Å². The number of nitrogens with two attached hydrogens (primary N) is 3. The summed E-state index contributed by atoms with van der Waals surface area (Å²) in [7, 11) is 0. The first-order valence-electron chi connectivity index (χ1n) is 9.20. The topological polar surface area (TPSA) is 166 Å². The maximum absolute atomic E-state index is 12.6. The van der Waals surface area contributed by atoms with Gasteiger partial charge >= 0.3 is 0 Å². The Bertz CT molecular complexity index is 596. The highest BCUT2D eigenvalue weighted by Crippen LogP contribution is 2.06. The number of amides is 3. The average Bonchev–Trinajstić information content (AvgIpc) is 2.67. The molecule has 0 aromatic carbocycles. The second kappa shape index (κ2) is 12.8. The molecular formula is C18H30N6O3. The zero-order valence-electron chi connectivity index (χ0n) is 15.5. The summed E-state index contributed by atoms with van der Waals surface area (Å²) in [6.45, 7) is 0.999. The third-order valence-corrected chi connectivity index (χ3v) is 4.12. The summed E-state index contributed by atoms with van der Waals surface area (Å²) in [4.78, 5) is 40.5. The predicted molar refractivity (Wildman–Crippen MR) is 102 cm³/mol. The first kappa shape index (κ1) is 22.5. The van der Waals surface area contributed by atoms with Crippen LogP contribution in [0.5, 0.6) is 0 Å². The van der Waals surface area contributed by atoms with Crippen LogP contribution in [0.25, 0.3) is 0 Å². The van der Waals surface area contributed by atoms with Crippen molar-refractivity contribution in [3.05, 3.63) is 30.1 Å². The van der Waals surface area contributed by atoms with Crippen molar-refractivity contribution < 1.29 is 14.4 Å². The van der Waals surface area contributed by atoms with Crippen LogP contribution in [-0.4, -0.2) is 47.9 Å². The van der Waals surface area contributed by atoms with E-state index in [4.69, 9.17) is 17.2 Å². The summed E-state index contributed by atoms with van der Waals surface area (Å²) in [5.41, 5.74) is 16.7. The van der Waals surface area contributed by atoms with Crippen molar-refractivity contribution in [3.8, 4) is 0 Å². The van der Waals surface area contributed by atoms with Gasteiger partial charge in [0.05, 0.1) is 0 Å². The molecule has 150 valence electrons. The Balaban J connectivity index is 2.76. The Labute approximate surface area is 159 Å². The van der Waals surface area contributed by atoms with Gasteiger partial charge in [-0.2, -0.15) is 0 Å². The van der Waals surface area contributed by atoms with Gasteiger partial charge in [0.1, 0.15) is 12.1 Å². The lowest BCUT2D eigenvalue weighted by Gasteiger charge is -2.22. The SMILES string of the molecule is NCCCC[C@H](NC(=O)[C@H](CCCCN)NC(=O)c1ccncc1)C(N)=O. The molecule has 27 heavy (non-hydrogen) atoms. The molecule has 0 radical (unpaired) electrons. The van der Waals surface area contributed by atoms with E-state index in [9.17, 15) is 14.4 Å². The molecule has 0 aliphatic rings. The molecule has 1 rings (SSSR count). The van der Waals surface area contributed by atoms with Crippen LogP contribution in [0.2, 0.25) is 0 Å². The molecule has 1 aromatic rings. The van der Waals surface area contributed by atoms with Gasteiger partial charge in [0.25, 0.3) is 5.91 Å². The molecule has 0 saturated carbocycles. The van der Waals surface area contributed by atoms with Crippen LogP contribution in [0.1, 0.15) is 48.9 Å². The zero-order valence-corrected chi connectivity index (χ0v) is 15.5. The Hall–Kier alpha value is -2.52. The number of rotatable bonds is 13. The van der Waals surface area contributed by atoms with E-state index < -0.39 is 23.9 Å². The molecule has 0 unspecified atom stereocenters. The fourth-order valence-electron chi connectivity index (χ4n) is 2.56. The van der Waals surface area contributed by atoms with Crippen LogP contribution >= 0.6 is 0 Å². The molecule has 1 heterocycles. The Kier molecular flexibility index (Phi) is 10.7. The minimum atomic E-state index is -0.793. The van der Waals surface area contributed by atoms with Crippen molar-refractivity contribution >= 4 is 17.7 Å². The fourth-order valence-corrected chi connectivity index (χ4v) is 2.56. The van der Waals surface area contributed by atoms with Crippen molar-refractivity contribution in [2.75, 3.05) is 13.1 Å². The third-order valence-electron chi connectivity index (χ3n) is 4.12. The molecule has 2 atom stereocenters. The van der Waals surface area contributed by atoms with Crippen LogP contribution in [0.3, 0.4) is 0 Å². The molecular weight excluding hydrogens is 348 g/mol. The number of primary amides is 1. The number of unbranched alkanes of at least 4 members (excludes halogenated alkanes) is 2. The number of hydrogen-bond acceptors (Lipinski definition) is 6. The number of carbonyl (C=O) groups excluding carboxylic acids is 3. The molecule has 0 bridgehead atoms. The van der Waals surface area contributed by atoms with Gasteiger partial charge in [-0.25, -0.2) is 0 Å². The maximum atomic E-state index is 12.6. The van der Waals surface area contributed by atoms with Gasteiger partial charge in [-0.3, -0.25) is 19.4 Å². The van der Waals surface area contributed by atoms with E-state index in [1.165, 1.54) is 12.4 Å². The van der Waals surface area contributed by atoms with Gasteiger partial charge in [-0.1, -0.05) is 0 Å². The molecule has 9 heteroatoms. The minimum Gasteiger partial charge on any atom is -0.368 e. The monoisotopic (exact) mass is 378 g/mol. The van der Waals surface area contributed by atoms with Gasteiger partial charge in [-0.15, -0.1) is 0 Å². The minimum absolute atomic E-state index is 0.385. The Morgan fingerprint density at radius 1 is 0.889 bits per heavy atom. The van der Waals surface area contributed by atoms with E-state index in [2.05, 4.69) is 15.6 Å². The molecule has 0 saturated heterocycles. The van der Waals surface area contributed by atoms with Crippen LogP contribution in [0.15, 0.2) is 24.5 Å². The van der Waals surface area contributed by atoms with Crippen LogP contribution in [0.4, 0.5) is 0 Å². The van der Waals surface area contributed by atoms with Crippen LogP contribution < -0.4 is 27.8 Å². The van der Waals surface area contributed by atoms with Gasteiger partial charge in [0.15, 0.2) is 0 Å². The smallest absolute Gasteiger partial charge is 0.252 e. The van der Waals surface area contributed by atoms with E-state index in [-0.39, 0.29) is 5.91 Å². The summed E-state index contributed by atoms with van der Waals surface area (Å²) in [6.07, 6.45) is 6.62. The quantitative estimate of drug-likeness (QED) is 0.288. The number of pyridine rings is 1. The first-order chi connectivity index (χ1) is 13.0. The maximum Gasteiger partial charge on any atom is 0.252 e. The lowest BCUT2D eigenvalue weighted by molar-refractivity contribution is -0.128. The van der Waals surface area contributed by atoms with E-state index in [1.54, 1.807) is 12.1 Å². The van der Waals surface area contributed by atoms with E-state index in [0.29, 0.717) is 44.3 Å². The molecule has 8 N–H and O–H groups in total. The molecule has 3 amide bonds. The van der Waals surface area contributed by atoms with Crippen LogP contribution in [0, 0.1) is 0 Å². The largest absolute Gasteiger partial charge is 0.368 e. The summed E-state index contributed by atoms with van der Waals surface area (Å²) < 4.78 is 0. The number of nitrogens with one attached hydrogen (secondary N) is 2. The van der Waals surface area contributed by atoms with Crippen molar-refractivity contribution in [2.45, 2.75) is 50.6 Å². The summed E-state index contributed by atoms with van der Waals surface area (Å²) >= 11 is 0. The Morgan fingerprint density at radius 3 is 1.96 bits per heavy atom. The van der Waals surface area contributed by atoms with Crippen molar-refractivity contribution in [1.82, 2.24) is 15.6 Å². The number of aromatic nitrogens is 1. The second-order valence-electron chi connectivity index (χ2n) is 6.29. The van der Waals surface area contributed by atoms with E-state index in [1.807, 2.05) is 0 Å². The highest BCUT2D eigenvalue weighted by atomic mass is 16.2. The highest BCUT2D eigenvalue weighted by molar-refractivity contribution is 5.98. The van der Waals surface area contributed by atoms with E-state index in [0.717, 1.165) is 12.8 Å². The van der Waals surface area contributed by atoms with Gasteiger partial charge in [0, 0.05) is 18.0 Å². The number of hydrogen-bond donors (Lipinski definition) is 5. The average molecular weight is 378 g/mol. The summed E-state index contributed by atoms with van der Waals surface area (Å²) in [5.74, 6) is -1.43. The van der Waals surface area contributed by atoms with Gasteiger partial charge in [0.2, 0.25) is 11.8 Å². The molecule has 1 aromatic heterocycles. The summed E-state index contributed by atoms with van der Waals surface area (Å²) in [6, 6.07) is 1.54. The Morgan fingerprint density at radius 2 is 1.44 bits per heavy atom.